The van der Waals surface area contributed by atoms with Gasteiger partial charge < -0.3 is 4.74 Å². The van der Waals surface area contributed by atoms with Gasteiger partial charge in [-0.1, -0.05) is 71.4 Å². The van der Waals surface area contributed by atoms with E-state index in [1.165, 1.54) is 4.90 Å². The Morgan fingerprint density at radius 3 is 2.09 bits per heavy atom. The van der Waals surface area contributed by atoms with Gasteiger partial charge in [0.05, 0.1) is 34.0 Å². The molecule has 5 nitrogen and oxygen atoms in total. The normalized spacial score (nSPS) is 26.2. The number of imide groups is 1. The zero-order valence-corrected chi connectivity index (χ0v) is 20.1. The van der Waals surface area contributed by atoms with Crippen LogP contribution >= 0.6 is 15.9 Å². The molecule has 0 N–H and O–H groups in total. The van der Waals surface area contributed by atoms with Crippen molar-refractivity contribution in [1.29, 1.82) is 0 Å². The maximum absolute atomic E-state index is 13.9. The summed E-state index contributed by atoms with van der Waals surface area (Å²) >= 11 is 4.00. The Morgan fingerprint density at radius 1 is 0.912 bits per heavy atom. The van der Waals surface area contributed by atoms with Crippen LogP contribution in [0.1, 0.15) is 51.9 Å². The van der Waals surface area contributed by atoms with Crippen molar-refractivity contribution in [2.24, 2.45) is 11.8 Å². The van der Waals surface area contributed by atoms with E-state index in [0.29, 0.717) is 17.9 Å². The summed E-state index contributed by atoms with van der Waals surface area (Å²) in [6.07, 6.45) is 0.740. The average Bonchev–Trinajstić information content (AvgIpc) is 3.14. The topological polar surface area (TPSA) is 63.7 Å². The smallest absolute Gasteiger partial charge is 0.338 e. The summed E-state index contributed by atoms with van der Waals surface area (Å²) in [6.45, 7) is 2.28. The number of alkyl halides is 1. The van der Waals surface area contributed by atoms with Gasteiger partial charge in [-0.2, -0.15) is 0 Å². The molecule has 1 aliphatic heterocycles. The molecule has 4 aliphatic rings. The fourth-order valence-electron chi connectivity index (χ4n) is 5.96. The maximum atomic E-state index is 13.9. The molecule has 1 saturated heterocycles. The van der Waals surface area contributed by atoms with Crippen LogP contribution < -0.4 is 4.90 Å². The van der Waals surface area contributed by atoms with Crippen molar-refractivity contribution in [2.45, 2.75) is 23.6 Å². The second-order valence-electron chi connectivity index (χ2n) is 9.06. The summed E-state index contributed by atoms with van der Waals surface area (Å²) in [4.78, 5) is 41.2. The third kappa shape index (κ3) is 2.69. The highest BCUT2D eigenvalue weighted by atomic mass is 79.9. The molecule has 2 amide bonds. The van der Waals surface area contributed by atoms with Gasteiger partial charge in [0, 0.05) is 5.92 Å². The number of halogens is 1. The summed E-state index contributed by atoms with van der Waals surface area (Å²) in [5.74, 6) is -2.06. The van der Waals surface area contributed by atoms with Gasteiger partial charge in [-0.15, -0.1) is 0 Å². The number of esters is 1. The molecule has 34 heavy (non-hydrogen) atoms. The SMILES string of the molecule is CCCOC(=O)c1ccc(N2C(=O)[C@@H]3[C@@H](C2=O)C2c4ccccc4C3(Br)c3ccccc32)cc1. The van der Waals surface area contributed by atoms with Crippen molar-refractivity contribution in [3.05, 3.63) is 101 Å². The highest BCUT2D eigenvalue weighted by Crippen LogP contribution is 2.66. The number of carbonyl (C=O) groups is 3. The fourth-order valence-corrected chi connectivity index (χ4v) is 7.16. The first-order valence-electron chi connectivity index (χ1n) is 11.5. The molecule has 3 aliphatic carbocycles. The van der Waals surface area contributed by atoms with Gasteiger partial charge in [0.25, 0.3) is 0 Å². The predicted molar refractivity (Wildman–Crippen MR) is 131 cm³/mol. The van der Waals surface area contributed by atoms with Crippen LogP contribution in [-0.2, 0) is 18.7 Å². The Balaban J connectivity index is 1.44. The van der Waals surface area contributed by atoms with E-state index in [1.54, 1.807) is 24.3 Å². The number of ether oxygens (including phenoxy) is 1. The number of anilines is 1. The fraction of sp³-hybridized carbons (Fsp3) is 0.250. The molecular weight excluding hydrogens is 494 g/mol. The Kier molecular flexibility index (Phi) is 4.78. The average molecular weight is 516 g/mol. The highest BCUT2D eigenvalue weighted by molar-refractivity contribution is 9.09. The van der Waals surface area contributed by atoms with Crippen molar-refractivity contribution in [3.8, 4) is 0 Å². The molecule has 2 atom stereocenters. The Bertz CT molecular complexity index is 1300. The molecule has 0 radical (unpaired) electrons. The van der Waals surface area contributed by atoms with Crippen molar-refractivity contribution in [3.63, 3.8) is 0 Å². The zero-order chi connectivity index (χ0) is 23.6. The molecule has 0 saturated carbocycles. The molecule has 3 aromatic rings. The highest BCUT2D eigenvalue weighted by Gasteiger charge is 2.67. The van der Waals surface area contributed by atoms with E-state index in [-0.39, 0.29) is 17.7 Å². The van der Waals surface area contributed by atoms with E-state index in [0.717, 1.165) is 28.7 Å². The van der Waals surface area contributed by atoms with Gasteiger partial charge in [-0.3, -0.25) is 9.59 Å². The molecule has 6 heteroatoms. The molecule has 170 valence electrons. The standard InChI is InChI=1S/C28H22BrNO4/c1-2-15-34-27(33)16-11-13-17(14-12-16)30-25(31)23-22-18-7-3-5-9-20(18)28(29,24(23)26(30)32)21-10-6-4-8-19(21)22/h3-14,22-24H,2,15H2,1H3/t22?,23-,24-,28?/m0/s1. The molecule has 0 aromatic heterocycles. The second kappa shape index (κ2) is 7.64. The zero-order valence-electron chi connectivity index (χ0n) is 18.5. The quantitative estimate of drug-likeness (QED) is 0.273. The van der Waals surface area contributed by atoms with Crippen LogP contribution in [0.3, 0.4) is 0 Å². The molecule has 7 rings (SSSR count). The number of benzene rings is 3. The third-order valence-corrected chi connectivity index (χ3v) is 8.66. The molecule has 1 heterocycles. The van der Waals surface area contributed by atoms with Crippen LogP contribution in [0.2, 0.25) is 0 Å². The summed E-state index contributed by atoms with van der Waals surface area (Å²) in [6, 6.07) is 22.7. The lowest BCUT2D eigenvalue weighted by Gasteiger charge is -2.51. The van der Waals surface area contributed by atoms with Crippen molar-refractivity contribution in [2.75, 3.05) is 11.5 Å². The van der Waals surface area contributed by atoms with E-state index < -0.39 is 22.1 Å². The molecule has 2 bridgehead atoms. The minimum atomic E-state index is -0.773. The molecule has 0 unspecified atom stereocenters. The number of carbonyl (C=O) groups excluding carboxylic acids is 3. The van der Waals surface area contributed by atoms with Crippen LogP contribution in [0.25, 0.3) is 0 Å². The maximum Gasteiger partial charge on any atom is 0.338 e. The van der Waals surface area contributed by atoms with E-state index in [9.17, 15) is 14.4 Å². The van der Waals surface area contributed by atoms with E-state index in [4.69, 9.17) is 4.74 Å². The van der Waals surface area contributed by atoms with Gasteiger partial charge in [-0.25, -0.2) is 9.69 Å². The van der Waals surface area contributed by atoms with Gasteiger partial charge in [0.15, 0.2) is 0 Å². The number of nitrogens with zero attached hydrogens (tertiary/aromatic N) is 1. The number of hydrogen-bond acceptors (Lipinski definition) is 4. The first kappa shape index (κ1) is 21.3. The Morgan fingerprint density at radius 2 is 1.50 bits per heavy atom. The molecule has 1 fully saturated rings. The predicted octanol–water partition coefficient (Wildman–Crippen LogP) is 5.16. The first-order chi connectivity index (χ1) is 16.5. The lowest BCUT2D eigenvalue weighted by atomic mass is 9.55. The number of rotatable bonds is 4. The van der Waals surface area contributed by atoms with Crippen LogP contribution in [0.4, 0.5) is 5.69 Å². The minimum Gasteiger partial charge on any atom is -0.462 e. The van der Waals surface area contributed by atoms with Crippen LogP contribution in [0.5, 0.6) is 0 Å². The van der Waals surface area contributed by atoms with E-state index in [1.807, 2.05) is 31.2 Å². The number of amides is 2. The minimum absolute atomic E-state index is 0.179. The molecular formula is C28H22BrNO4. The third-order valence-electron chi connectivity index (χ3n) is 7.31. The van der Waals surface area contributed by atoms with Crippen molar-refractivity contribution >= 4 is 39.4 Å². The van der Waals surface area contributed by atoms with Crippen LogP contribution in [0.15, 0.2) is 72.8 Å². The summed E-state index contributed by atoms with van der Waals surface area (Å²) < 4.78 is 4.42. The van der Waals surface area contributed by atoms with Gasteiger partial charge in [-0.05, 0) is 52.9 Å². The van der Waals surface area contributed by atoms with Crippen molar-refractivity contribution < 1.29 is 19.1 Å². The van der Waals surface area contributed by atoms with E-state index in [2.05, 4.69) is 40.2 Å². The molecule has 3 aromatic carbocycles. The van der Waals surface area contributed by atoms with Crippen molar-refractivity contribution in [1.82, 2.24) is 0 Å². The lowest BCUT2D eigenvalue weighted by molar-refractivity contribution is -0.122. The second-order valence-corrected chi connectivity index (χ2v) is 10.3. The summed E-state index contributed by atoms with van der Waals surface area (Å²) in [7, 11) is 0. The van der Waals surface area contributed by atoms with Gasteiger partial charge in [0.2, 0.25) is 11.8 Å². The Hall–Kier alpha value is -3.25. The summed E-state index contributed by atoms with van der Waals surface area (Å²) in [5, 5.41) is 0. The van der Waals surface area contributed by atoms with Crippen LogP contribution in [0, 0.1) is 11.8 Å². The monoisotopic (exact) mass is 515 g/mol. The van der Waals surface area contributed by atoms with Crippen LogP contribution in [-0.4, -0.2) is 24.4 Å². The summed E-state index contributed by atoms with van der Waals surface area (Å²) in [5.41, 5.74) is 5.16. The van der Waals surface area contributed by atoms with E-state index >= 15 is 0 Å². The Labute approximate surface area is 205 Å². The van der Waals surface area contributed by atoms with Gasteiger partial charge in [0.1, 0.15) is 0 Å². The largest absolute Gasteiger partial charge is 0.462 e. The number of hydrogen-bond donors (Lipinski definition) is 0. The van der Waals surface area contributed by atoms with Gasteiger partial charge >= 0.3 is 5.97 Å². The molecule has 0 spiro atoms. The first-order valence-corrected chi connectivity index (χ1v) is 12.3. The lowest BCUT2D eigenvalue weighted by Crippen LogP contribution is -2.50.